The van der Waals surface area contributed by atoms with Crippen LogP contribution >= 0.6 is 11.3 Å². The number of ether oxygens (including phenoxy) is 2. The van der Waals surface area contributed by atoms with Crippen molar-refractivity contribution in [2.45, 2.75) is 6.92 Å². The summed E-state index contributed by atoms with van der Waals surface area (Å²) in [5.74, 6) is -0.0271. The summed E-state index contributed by atoms with van der Waals surface area (Å²) in [6, 6.07) is 6.15. The number of nitro benzene ring substituents is 1. The molecule has 1 aromatic heterocycles. The highest BCUT2D eigenvalue weighted by Gasteiger charge is 2.21. The number of rotatable bonds is 6. The Morgan fingerprint density at radius 2 is 1.96 bits per heavy atom. The number of nitriles is 1. The first-order valence-electron chi connectivity index (χ1n) is 7.04. The number of methoxy groups -OCH3 is 2. The molecule has 7 nitrogen and oxygen atoms in total. The zero-order chi connectivity index (χ0) is 18.6. The summed E-state index contributed by atoms with van der Waals surface area (Å²) < 4.78 is 10.2. The van der Waals surface area contributed by atoms with Crippen molar-refractivity contribution in [3.05, 3.63) is 55.3 Å². The van der Waals surface area contributed by atoms with Crippen LogP contribution in [0.5, 0.6) is 11.5 Å². The van der Waals surface area contributed by atoms with Gasteiger partial charge in [-0.25, -0.2) is 0 Å². The molecule has 0 amide bonds. The third-order valence-corrected chi connectivity index (χ3v) is 4.48. The number of nitro groups is 1. The molecule has 0 aliphatic rings. The Bertz CT molecular complexity index is 908. The molecule has 0 fully saturated rings. The van der Waals surface area contributed by atoms with Crippen LogP contribution in [0.4, 0.5) is 5.69 Å². The van der Waals surface area contributed by atoms with Gasteiger partial charge in [0.1, 0.15) is 11.6 Å². The molecule has 1 aromatic carbocycles. The molecule has 0 aliphatic heterocycles. The zero-order valence-electron chi connectivity index (χ0n) is 13.7. The molecule has 25 heavy (non-hydrogen) atoms. The van der Waals surface area contributed by atoms with Gasteiger partial charge in [0.2, 0.25) is 5.78 Å². The van der Waals surface area contributed by atoms with E-state index < -0.39 is 10.7 Å². The number of nitrogens with zero attached hydrogens (tertiary/aromatic N) is 2. The van der Waals surface area contributed by atoms with Crippen molar-refractivity contribution < 1.29 is 19.2 Å². The number of ketones is 1. The van der Waals surface area contributed by atoms with E-state index in [4.69, 9.17) is 9.47 Å². The first-order valence-corrected chi connectivity index (χ1v) is 7.91. The van der Waals surface area contributed by atoms with Gasteiger partial charge in [-0.1, -0.05) is 0 Å². The molecule has 0 atom stereocenters. The number of benzene rings is 1. The van der Waals surface area contributed by atoms with Crippen LogP contribution in [0.1, 0.15) is 20.8 Å². The second-order valence-electron chi connectivity index (χ2n) is 4.95. The second kappa shape index (κ2) is 7.59. The molecule has 0 unspecified atom stereocenters. The number of carbonyl (C=O) groups excluding carboxylic acids is 1. The summed E-state index contributed by atoms with van der Waals surface area (Å²) >= 11 is 1.22. The van der Waals surface area contributed by atoms with Gasteiger partial charge in [0.25, 0.3) is 5.69 Å². The molecule has 128 valence electrons. The number of hydrogen-bond donors (Lipinski definition) is 0. The van der Waals surface area contributed by atoms with E-state index in [-0.39, 0.29) is 28.3 Å². The highest BCUT2D eigenvalue weighted by molar-refractivity contribution is 7.12. The van der Waals surface area contributed by atoms with Crippen LogP contribution in [0.15, 0.2) is 29.2 Å². The topological polar surface area (TPSA) is 102 Å². The number of allylic oxidation sites excluding steroid dienone is 1. The van der Waals surface area contributed by atoms with Crippen LogP contribution in [0.25, 0.3) is 6.08 Å². The van der Waals surface area contributed by atoms with E-state index >= 15 is 0 Å². The van der Waals surface area contributed by atoms with Gasteiger partial charge in [-0.3, -0.25) is 14.9 Å². The molecule has 0 radical (unpaired) electrons. The van der Waals surface area contributed by atoms with E-state index in [1.165, 1.54) is 43.8 Å². The minimum absolute atomic E-state index is 0.0850. The van der Waals surface area contributed by atoms with Crippen molar-refractivity contribution in [3.63, 3.8) is 0 Å². The fraction of sp³-hybridized carbons (Fsp3) is 0.176. The molecule has 1 heterocycles. The Balaban J connectivity index is 2.61. The van der Waals surface area contributed by atoms with Crippen molar-refractivity contribution in [2.24, 2.45) is 0 Å². The number of hydrogen-bond acceptors (Lipinski definition) is 7. The number of thiophene rings is 1. The fourth-order valence-electron chi connectivity index (χ4n) is 2.19. The third kappa shape index (κ3) is 3.67. The maximum Gasteiger partial charge on any atom is 0.280 e. The predicted octanol–water partition coefficient (Wildman–Crippen LogP) is 3.77. The first-order chi connectivity index (χ1) is 11.9. The van der Waals surface area contributed by atoms with Crippen molar-refractivity contribution in [3.8, 4) is 17.6 Å². The summed E-state index contributed by atoms with van der Waals surface area (Å²) in [7, 11) is 2.75. The molecule has 0 N–H and O–H groups in total. The van der Waals surface area contributed by atoms with Gasteiger partial charge in [-0.15, -0.1) is 11.3 Å². The molecule has 0 bridgehead atoms. The van der Waals surface area contributed by atoms with Crippen molar-refractivity contribution in [2.75, 3.05) is 14.2 Å². The van der Waals surface area contributed by atoms with Gasteiger partial charge in [0.15, 0.2) is 11.5 Å². The van der Waals surface area contributed by atoms with Crippen LogP contribution in [-0.4, -0.2) is 24.9 Å². The van der Waals surface area contributed by atoms with E-state index in [0.717, 1.165) is 5.56 Å². The molecular weight excluding hydrogens is 344 g/mol. The Hall–Kier alpha value is -3.18. The van der Waals surface area contributed by atoms with Crippen LogP contribution in [-0.2, 0) is 0 Å². The lowest BCUT2D eigenvalue weighted by Crippen LogP contribution is -2.02. The monoisotopic (exact) mass is 358 g/mol. The molecular formula is C17H14N2O5S. The summed E-state index contributed by atoms with van der Waals surface area (Å²) in [5.41, 5.74) is 0.349. The van der Waals surface area contributed by atoms with E-state index in [2.05, 4.69) is 0 Å². The molecule has 0 saturated carbocycles. The molecule has 0 saturated heterocycles. The Labute approximate surface area is 147 Å². The lowest BCUT2D eigenvalue weighted by Gasteiger charge is -2.09. The number of Topliss-reactive ketones (excluding diaryl/α,β-unsaturated/α-hetero) is 1. The summed E-state index contributed by atoms with van der Waals surface area (Å²) in [6.45, 7) is 1.76. The Morgan fingerprint density at radius 3 is 2.44 bits per heavy atom. The van der Waals surface area contributed by atoms with Crippen LogP contribution in [0.3, 0.4) is 0 Å². The average Bonchev–Trinajstić information content (AvgIpc) is 3.04. The molecule has 0 spiro atoms. The highest BCUT2D eigenvalue weighted by atomic mass is 32.1. The standard InChI is InChI=1S/C17H14N2O5S/c1-10-4-5-25-17(10)16(20)12(9-18)6-11-7-14(23-2)15(24-3)8-13(11)19(21)22/h4-8H,1-3H3. The average molecular weight is 358 g/mol. The van der Waals surface area contributed by atoms with Crippen LogP contribution in [0.2, 0.25) is 0 Å². The molecule has 2 rings (SSSR count). The van der Waals surface area contributed by atoms with Gasteiger partial charge < -0.3 is 9.47 Å². The van der Waals surface area contributed by atoms with Gasteiger partial charge in [-0.2, -0.15) is 5.26 Å². The number of carbonyl (C=O) groups is 1. The van der Waals surface area contributed by atoms with Crippen molar-refractivity contribution in [1.82, 2.24) is 0 Å². The third-order valence-electron chi connectivity index (χ3n) is 3.46. The summed E-state index contributed by atoms with van der Waals surface area (Å²) in [5, 5.41) is 22.4. The molecule has 2 aromatic rings. The normalized spacial score (nSPS) is 10.9. The van der Waals surface area contributed by atoms with Gasteiger partial charge in [0.05, 0.1) is 35.6 Å². The Morgan fingerprint density at radius 1 is 1.32 bits per heavy atom. The fourth-order valence-corrected chi connectivity index (χ4v) is 3.07. The highest BCUT2D eigenvalue weighted by Crippen LogP contribution is 2.36. The number of aryl methyl sites for hydroxylation is 1. The van der Waals surface area contributed by atoms with Gasteiger partial charge >= 0.3 is 0 Å². The van der Waals surface area contributed by atoms with E-state index in [0.29, 0.717) is 4.88 Å². The minimum Gasteiger partial charge on any atom is -0.493 e. The van der Waals surface area contributed by atoms with Crippen molar-refractivity contribution in [1.29, 1.82) is 5.26 Å². The van der Waals surface area contributed by atoms with Gasteiger partial charge in [-0.05, 0) is 36.1 Å². The van der Waals surface area contributed by atoms with E-state index in [1.807, 2.05) is 6.07 Å². The predicted molar refractivity (Wildman–Crippen MR) is 93.2 cm³/mol. The Kier molecular flexibility index (Phi) is 5.52. The van der Waals surface area contributed by atoms with E-state index in [1.54, 1.807) is 18.4 Å². The first kappa shape index (κ1) is 18.2. The second-order valence-corrected chi connectivity index (χ2v) is 5.87. The van der Waals surface area contributed by atoms with Crippen LogP contribution in [0, 0.1) is 28.4 Å². The largest absolute Gasteiger partial charge is 0.493 e. The van der Waals surface area contributed by atoms with Crippen molar-refractivity contribution >= 4 is 28.9 Å². The molecule has 0 aliphatic carbocycles. The van der Waals surface area contributed by atoms with E-state index in [9.17, 15) is 20.2 Å². The maximum absolute atomic E-state index is 12.5. The maximum atomic E-state index is 12.5. The minimum atomic E-state index is -0.607. The quantitative estimate of drug-likeness (QED) is 0.256. The lowest BCUT2D eigenvalue weighted by atomic mass is 10.0. The summed E-state index contributed by atoms with van der Waals surface area (Å²) in [6.07, 6.45) is 1.20. The van der Waals surface area contributed by atoms with Gasteiger partial charge in [0, 0.05) is 0 Å². The molecule has 8 heteroatoms. The smallest absolute Gasteiger partial charge is 0.280 e. The summed E-state index contributed by atoms with van der Waals surface area (Å²) in [4.78, 5) is 23.7. The van der Waals surface area contributed by atoms with Crippen LogP contribution < -0.4 is 9.47 Å². The zero-order valence-corrected chi connectivity index (χ0v) is 14.5. The SMILES string of the molecule is COc1cc(C=C(C#N)C(=O)c2sccc2C)c([N+](=O)[O-])cc1OC. The lowest BCUT2D eigenvalue weighted by molar-refractivity contribution is -0.385.